The van der Waals surface area contributed by atoms with E-state index in [9.17, 15) is 4.79 Å². The van der Waals surface area contributed by atoms with Gasteiger partial charge in [-0.3, -0.25) is 9.13 Å². The zero-order chi connectivity index (χ0) is 24.4. The third-order valence-electron chi connectivity index (χ3n) is 7.35. The van der Waals surface area contributed by atoms with Crippen molar-refractivity contribution >= 4 is 0 Å². The predicted molar refractivity (Wildman–Crippen MR) is 137 cm³/mol. The molecule has 0 radical (unpaired) electrons. The molecule has 1 aromatic heterocycles. The van der Waals surface area contributed by atoms with Gasteiger partial charge in [0.2, 0.25) is 0 Å². The van der Waals surface area contributed by atoms with Gasteiger partial charge in [0.25, 0.3) is 0 Å². The van der Waals surface area contributed by atoms with E-state index in [2.05, 4.69) is 20.8 Å². The van der Waals surface area contributed by atoms with Crippen molar-refractivity contribution < 1.29 is 14.1 Å². The summed E-state index contributed by atoms with van der Waals surface area (Å²) < 4.78 is 16.0. The topological polar surface area (TPSA) is 59.5 Å². The average molecular weight is 475 g/mol. The van der Waals surface area contributed by atoms with Gasteiger partial charge in [0.05, 0.1) is 29.7 Å². The zero-order valence-electron chi connectivity index (χ0n) is 20.8. The number of rotatable bonds is 9. The lowest BCUT2D eigenvalue weighted by molar-refractivity contribution is -0.869. The summed E-state index contributed by atoms with van der Waals surface area (Å²) in [6.45, 7) is 8.67. The molecule has 1 aliphatic heterocycles. The Bertz CT molecular complexity index is 1250. The Balaban J connectivity index is 1.22. The number of ether oxygens (including phenoxy) is 2. The highest BCUT2D eigenvalue weighted by atomic mass is 16.5. The van der Waals surface area contributed by atoms with Crippen molar-refractivity contribution in [1.29, 1.82) is 0 Å². The Hall–Kier alpha value is -3.45. The highest BCUT2D eigenvalue weighted by Crippen LogP contribution is 2.39. The maximum atomic E-state index is 13.1. The zero-order valence-corrected chi connectivity index (χ0v) is 20.8. The molecule has 184 valence electrons. The van der Waals surface area contributed by atoms with E-state index in [4.69, 9.17) is 14.9 Å². The van der Waals surface area contributed by atoms with Gasteiger partial charge in [0.1, 0.15) is 24.7 Å². The van der Waals surface area contributed by atoms with Crippen molar-refractivity contribution in [2.75, 3.05) is 19.7 Å². The first-order valence-electron chi connectivity index (χ1n) is 12.6. The molecule has 0 N–H and O–H groups in total. The molecule has 35 heavy (non-hydrogen) atoms. The van der Waals surface area contributed by atoms with Crippen LogP contribution in [0.15, 0.2) is 77.1 Å². The van der Waals surface area contributed by atoms with E-state index in [0.29, 0.717) is 17.3 Å². The lowest BCUT2D eigenvalue weighted by atomic mass is 10.2. The van der Waals surface area contributed by atoms with E-state index in [1.165, 1.54) is 18.5 Å². The molecule has 7 nitrogen and oxygen atoms in total. The quantitative estimate of drug-likeness (QED) is 0.373. The van der Waals surface area contributed by atoms with Crippen molar-refractivity contribution in [2.45, 2.75) is 52.6 Å². The molecule has 0 spiro atoms. The van der Waals surface area contributed by atoms with Crippen molar-refractivity contribution in [3.8, 4) is 22.9 Å². The number of benzene rings is 2. The van der Waals surface area contributed by atoms with Crippen LogP contribution in [0.1, 0.15) is 46.5 Å². The standard InChI is InChI=1S/C28H34N4O3/c1-4-32(22(3)21(2)29-32)19-20-34-25-13-9-23(10-14-25)30-17-18-31(28(30)33)24-11-15-27(16-12-24)35-26-7-5-6-8-26/h9-18,26H,4-8,19-20H2,1-3H3. The number of aromatic nitrogens is 2. The van der Waals surface area contributed by atoms with Gasteiger partial charge in [-0.25, -0.2) is 4.79 Å². The van der Waals surface area contributed by atoms with Gasteiger partial charge in [0.15, 0.2) is 0 Å². The summed E-state index contributed by atoms with van der Waals surface area (Å²) in [6, 6.07) is 15.4. The normalized spacial score (nSPS) is 20.0. The molecular formula is C28H34N4O3. The van der Waals surface area contributed by atoms with Gasteiger partial charge >= 0.3 is 5.69 Å². The van der Waals surface area contributed by atoms with Gasteiger partial charge in [-0.15, -0.1) is 0 Å². The van der Waals surface area contributed by atoms with E-state index in [1.807, 2.05) is 48.5 Å². The first-order valence-corrected chi connectivity index (χ1v) is 12.6. The van der Waals surface area contributed by atoms with E-state index < -0.39 is 0 Å². The molecule has 0 amide bonds. The van der Waals surface area contributed by atoms with Crippen LogP contribution in [-0.4, -0.2) is 39.5 Å². The second-order valence-corrected chi connectivity index (χ2v) is 9.41. The largest absolute Gasteiger partial charge is 0.490 e. The van der Waals surface area contributed by atoms with E-state index in [0.717, 1.165) is 54.5 Å². The third kappa shape index (κ3) is 4.60. The predicted octanol–water partition coefficient (Wildman–Crippen LogP) is 5.72. The van der Waals surface area contributed by atoms with Crippen LogP contribution in [0, 0.1) is 0 Å². The van der Waals surface area contributed by atoms with Crippen molar-refractivity contribution in [3.05, 3.63) is 88.2 Å². The van der Waals surface area contributed by atoms with Crippen LogP contribution < -0.4 is 15.2 Å². The summed E-state index contributed by atoms with van der Waals surface area (Å²) in [4.78, 5) is 13.1. The Morgan fingerprint density at radius 2 is 1.49 bits per heavy atom. The van der Waals surface area contributed by atoms with Crippen molar-refractivity contribution in [1.82, 2.24) is 9.13 Å². The molecule has 2 aliphatic rings. The highest BCUT2D eigenvalue weighted by molar-refractivity contribution is 5.40. The minimum atomic E-state index is -0.116. The summed E-state index contributed by atoms with van der Waals surface area (Å²) in [6.07, 6.45) is 8.64. The Morgan fingerprint density at radius 1 is 0.914 bits per heavy atom. The van der Waals surface area contributed by atoms with Crippen LogP contribution in [0.3, 0.4) is 0 Å². The number of quaternary nitrogens is 1. The van der Waals surface area contributed by atoms with Gasteiger partial charge in [-0.05, 0) is 81.1 Å². The van der Waals surface area contributed by atoms with E-state index in [-0.39, 0.29) is 5.69 Å². The molecule has 5 rings (SSSR count). The van der Waals surface area contributed by atoms with Gasteiger partial charge in [-0.2, -0.15) is 0 Å². The van der Waals surface area contributed by atoms with Crippen LogP contribution in [-0.2, 0) is 0 Å². The molecule has 2 aromatic carbocycles. The molecule has 0 saturated heterocycles. The van der Waals surface area contributed by atoms with Crippen LogP contribution in [0.5, 0.6) is 11.5 Å². The number of hydrogen-bond donors (Lipinski definition) is 0. The highest BCUT2D eigenvalue weighted by Gasteiger charge is 2.28. The lowest BCUT2D eigenvalue weighted by Crippen LogP contribution is -2.50. The number of nitrogens with zero attached hydrogens (tertiary/aromatic N) is 4. The number of hydrogen-bond acceptors (Lipinski definition) is 3. The van der Waals surface area contributed by atoms with Gasteiger partial charge in [0, 0.05) is 19.3 Å². The number of likely N-dealkylation sites (N-methyl/N-ethyl adjacent to an activating group) is 1. The second kappa shape index (κ2) is 9.66. The maximum absolute atomic E-state index is 13.1. The summed E-state index contributed by atoms with van der Waals surface area (Å²) >= 11 is 0. The van der Waals surface area contributed by atoms with Crippen LogP contribution >= 0.6 is 0 Å². The minimum absolute atomic E-state index is 0.116. The second-order valence-electron chi connectivity index (χ2n) is 9.41. The van der Waals surface area contributed by atoms with Crippen LogP contribution in [0.2, 0.25) is 0 Å². The van der Waals surface area contributed by atoms with Crippen LogP contribution in [0.25, 0.3) is 16.8 Å². The van der Waals surface area contributed by atoms with Crippen molar-refractivity contribution in [2.24, 2.45) is 0 Å². The molecule has 3 aromatic rings. The fourth-order valence-electron chi connectivity index (χ4n) is 5.05. The summed E-state index contributed by atoms with van der Waals surface area (Å²) in [5, 5.41) is 0. The number of imidazole rings is 1. The monoisotopic (exact) mass is 474 g/mol. The molecule has 7 heteroatoms. The third-order valence-corrected chi connectivity index (χ3v) is 7.35. The molecule has 1 fully saturated rings. The molecule has 1 saturated carbocycles. The summed E-state index contributed by atoms with van der Waals surface area (Å²) in [7, 11) is 0. The van der Waals surface area contributed by atoms with Gasteiger partial charge < -0.3 is 19.5 Å². The fraction of sp³-hybridized carbons (Fsp3) is 0.393. The molecule has 1 aliphatic carbocycles. The fourth-order valence-corrected chi connectivity index (χ4v) is 5.05. The van der Waals surface area contributed by atoms with Gasteiger partial charge in [-0.1, -0.05) is 12.6 Å². The molecule has 1 unspecified atom stereocenters. The Kier molecular flexibility index (Phi) is 6.43. The average Bonchev–Trinajstić information content (AvgIpc) is 3.53. The number of allylic oxidation sites excluding steroid dienone is 2. The van der Waals surface area contributed by atoms with E-state index in [1.54, 1.807) is 21.5 Å². The van der Waals surface area contributed by atoms with E-state index >= 15 is 0 Å². The van der Waals surface area contributed by atoms with Crippen molar-refractivity contribution in [3.63, 3.8) is 0 Å². The van der Waals surface area contributed by atoms with Crippen LogP contribution in [0.4, 0.5) is 0 Å². The first-order chi connectivity index (χ1) is 17.0. The first kappa shape index (κ1) is 23.3. The molecular weight excluding hydrogens is 440 g/mol. The smallest absolute Gasteiger partial charge is 0.337 e. The Morgan fingerprint density at radius 3 is 2.00 bits per heavy atom. The summed E-state index contributed by atoms with van der Waals surface area (Å²) in [5.74, 6) is 1.65. The molecule has 0 bridgehead atoms. The summed E-state index contributed by atoms with van der Waals surface area (Å²) in [5.41, 5.74) is 8.63. The lowest BCUT2D eigenvalue weighted by Gasteiger charge is -2.58. The maximum Gasteiger partial charge on any atom is 0.337 e. The molecule has 1 atom stereocenters. The SMILES string of the molecule is CC[N+]1(CCOc2ccc(-n3ccn(-c4ccc(OC5CCCC5)cc4)c3=O)cc2)[N-]C(C)=C1C. The Labute approximate surface area is 206 Å². The minimum Gasteiger partial charge on any atom is -0.490 e. The molecule has 2 heterocycles.